The Hall–Kier alpha value is -2.95. The molecule has 4 N–H and O–H groups in total. The minimum absolute atomic E-state index is 0.0298. The van der Waals surface area contributed by atoms with E-state index in [4.69, 9.17) is 16.2 Å². The number of nitrogens with zero attached hydrogens (tertiary/aromatic N) is 3. The van der Waals surface area contributed by atoms with Crippen molar-refractivity contribution in [3.63, 3.8) is 0 Å². The fraction of sp³-hybridized carbons (Fsp3) is 0.353. The van der Waals surface area contributed by atoms with Crippen LogP contribution in [-0.4, -0.2) is 16.6 Å². The quantitative estimate of drug-likeness (QED) is 0.742. The fourth-order valence-electron chi connectivity index (χ4n) is 2.33. The first-order chi connectivity index (χ1) is 12.0. The van der Waals surface area contributed by atoms with Gasteiger partial charge in [-0.25, -0.2) is 9.37 Å². The van der Waals surface area contributed by atoms with Crippen LogP contribution in [-0.2, 0) is 0 Å². The molecule has 25 heavy (non-hydrogen) atoms. The van der Waals surface area contributed by atoms with E-state index in [0.717, 1.165) is 31.7 Å². The average molecular weight is 347 g/mol. The molecule has 0 bridgehead atoms. The molecule has 0 radical (unpaired) electrons. The van der Waals surface area contributed by atoms with Gasteiger partial charge in [-0.3, -0.25) is 0 Å². The molecule has 0 aliphatic rings. The van der Waals surface area contributed by atoms with Crippen LogP contribution in [0.3, 0.4) is 0 Å². The molecule has 0 unspecified atom stereocenters. The van der Waals surface area contributed by atoms with Crippen molar-refractivity contribution in [1.82, 2.24) is 9.97 Å². The van der Waals surface area contributed by atoms with Gasteiger partial charge in [0.25, 0.3) is 0 Å². The lowest BCUT2D eigenvalue weighted by atomic mass is 10.1. The van der Waals surface area contributed by atoms with Gasteiger partial charge in [-0.1, -0.05) is 26.2 Å². The summed E-state index contributed by atoms with van der Waals surface area (Å²) in [6.07, 6.45) is 3.78. The molecule has 1 aromatic heterocycles. The lowest BCUT2D eigenvalue weighted by molar-refractivity contribution is 0.285. The highest BCUT2D eigenvalue weighted by molar-refractivity contribution is 5.74. The number of unbranched alkanes of at least 4 members (excludes halogenated alkanes) is 3. The van der Waals surface area contributed by atoms with E-state index in [1.807, 2.05) is 6.07 Å². The van der Waals surface area contributed by atoms with Crippen LogP contribution in [0.2, 0.25) is 0 Å². The second kappa shape index (κ2) is 8.24. The normalized spacial score (nSPS) is 10.5. The van der Waals surface area contributed by atoms with Crippen molar-refractivity contribution in [3.8, 4) is 23.1 Å². The van der Waals surface area contributed by atoms with Crippen LogP contribution in [0.1, 0.15) is 38.2 Å². The first-order valence-corrected chi connectivity index (χ1v) is 7.93. The molecule has 0 spiro atoms. The zero-order valence-electron chi connectivity index (χ0n) is 13.9. The molecule has 0 fully saturated rings. The highest BCUT2D eigenvalue weighted by Crippen LogP contribution is 2.31. The van der Waals surface area contributed by atoms with E-state index in [0.29, 0.717) is 0 Å². The number of halogens is 2. The summed E-state index contributed by atoms with van der Waals surface area (Å²) in [6, 6.07) is 4.04. The number of nitriles is 1. The standard InChI is InChI=1S/C17H19F2N5O/c1-2-3-4-5-6-25-13-8-10(7-12(18)14(13)19)15-11(9-20)16(21)24-17(22)23-15/h7-8H,2-6H2,1H3,(H4,21,22,23,24). The van der Waals surface area contributed by atoms with Crippen molar-refractivity contribution in [3.05, 3.63) is 29.3 Å². The van der Waals surface area contributed by atoms with Gasteiger partial charge in [-0.2, -0.15) is 14.6 Å². The summed E-state index contributed by atoms with van der Waals surface area (Å²) >= 11 is 0. The Morgan fingerprint density at radius 2 is 1.92 bits per heavy atom. The van der Waals surface area contributed by atoms with Crippen molar-refractivity contribution < 1.29 is 13.5 Å². The fourth-order valence-corrected chi connectivity index (χ4v) is 2.33. The minimum Gasteiger partial charge on any atom is -0.490 e. The van der Waals surface area contributed by atoms with Crippen LogP contribution in [0, 0.1) is 23.0 Å². The summed E-state index contributed by atoms with van der Waals surface area (Å²) in [5.74, 6) is -2.74. The number of aromatic nitrogens is 2. The van der Waals surface area contributed by atoms with Gasteiger partial charge in [0.1, 0.15) is 17.5 Å². The summed E-state index contributed by atoms with van der Waals surface area (Å²) in [6.45, 7) is 2.34. The summed E-state index contributed by atoms with van der Waals surface area (Å²) < 4.78 is 33.3. The number of hydrogen-bond acceptors (Lipinski definition) is 6. The van der Waals surface area contributed by atoms with Crippen molar-refractivity contribution in [2.75, 3.05) is 18.1 Å². The van der Waals surface area contributed by atoms with Gasteiger partial charge < -0.3 is 16.2 Å². The molecule has 0 aliphatic heterocycles. The van der Waals surface area contributed by atoms with Gasteiger partial charge in [-0.15, -0.1) is 0 Å². The van der Waals surface area contributed by atoms with E-state index < -0.39 is 11.6 Å². The lowest BCUT2D eigenvalue weighted by Crippen LogP contribution is -2.06. The molecule has 1 heterocycles. The van der Waals surface area contributed by atoms with Gasteiger partial charge >= 0.3 is 0 Å². The lowest BCUT2D eigenvalue weighted by Gasteiger charge is -2.11. The Kier molecular flexibility index (Phi) is 6.06. The number of anilines is 2. The first kappa shape index (κ1) is 18.4. The number of nitrogens with two attached hydrogens (primary N) is 2. The van der Waals surface area contributed by atoms with Crippen LogP contribution in [0.25, 0.3) is 11.3 Å². The zero-order valence-corrected chi connectivity index (χ0v) is 13.9. The van der Waals surface area contributed by atoms with E-state index in [9.17, 15) is 14.0 Å². The second-order valence-electron chi connectivity index (χ2n) is 5.48. The van der Waals surface area contributed by atoms with E-state index in [1.54, 1.807) is 0 Å². The predicted molar refractivity (Wildman–Crippen MR) is 90.6 cm³/mol. The molecule has 2 aromatic rings. The minimum atomic E-state index is -1.11. The Morgan fingerprint density at radius 1 is 1.16 bits per heavy atom. The van der Waals surface area contributed by atoms with Crippen LogP contribution >= 0.6 is 0 Å². The van der Waals surface area contributed by atoms with E-state index in [1.165, 1.54) is 6.07 Å². The van der Waals surface area contributed by atoms with E-state index >= 15 is 0 Å². The number of benzene rings is 1. The smallest absolute Gasteiger partial charge is 0.222 e. The van der Waals surface area contributed by atoms with Gasteiger partial charge in [0.15, 0.2) is 11.6 Å². The molecule has 0 amide bonds. The Labute approximate surface area is 144 Å². The maximum absolute atomic E-state index is 14.0. The summed E-state index contributed by atoms with van der Waals surface area (Å²) in [4.78, 5) is 7.62. The molecule has 2 rings (SSSR count). The summed E-state index contributed by atoms with van der Waals surface area (Å²) in [7, 11) is 0. The Bertz CT molecular complexity index is 805. The molecule has 0 atom stereocenters. The maximum atomic E-state index is 14.0. The molecule has 6 nitrogen and oxygen atoms in total. The monoisotopic (exact) mass is 347 g/mol. The third kappa shape index (κ3) is 4.32. The number of ether oxygens (including phenoxy) is 1. The SMILES string of the molecule is CCCCCCOc1cc(-c2nc(N)nc(N)c2C#N)cc(F)c1F. The predicted octanol–water partition coefficient (Wildman–Crippen LogP) is 3.42. The molecule has 0 saturated heterocycles. The van der Waals surface area contributed by atoms with Gasteiger partial charge in [0.2, 0.25) is 11.8 Å². The summed E-state index contributed by atoms with van der Waals surface area (Å²) in [5, 5.41) is 9.22. The third-order valence-corrected chi connectivity index (χ3v) is 3.59. The van der Waals surface area contributed by atoms with Crippen LogP contribution in [0.5, 0.6) is 5.75 Å². The van der Waals surface area contributed by atoms with Crippen molar-refractivity contribution in [2.45, 2.75) is 32.6 Å². The Morgan fingerprint density at radius 3 is 2.60 bits per heavy atom. The van der Waals surface area contributed by atoms with Gasteiger partial charge in [0.05, 0.1) is 12.3 Å². The highest BCUT2D eigenvalue weighted by Gasteiger charge is 2.18. The molecule has 132 valence electrons. The topological polar surface area (TPSA) is 111 Å². The average Bonchev–Trinajstić information content (AvgIpc) is 2.57. The van der Waals surface area contributed by atoms with Crippen LogP contribution < -0.4 is 16.2 Å². The number of hydrogen-bond donors (Lipinski definition) is 2. The summed E-state index contributed by atoms with van der Waals surface area (Å²) in [5.41, 5.74) is 11.3. The molecule has 1 aromatic carbocycles. The van der Waals surface area contributed by atoms with Gasteiger partial charge in [0, 0.05) is 5.56 Å². The molecule has 8 heteroatoms. The number of rotatable bonds is 7. The number of nitrogen functional groups attached to an aromatic ring is 2. The third-order valence-electron chi connectivity index (χ3n) is 3.59. The van der Waals surface area contributed by atoms with Crippen molar-refractivity contribution in [1.29, 1.82) is 5.26 Å². The largest absolute Gasteiger partial charge is 0.490 e. The maximum Gasteiger partial charge on any atom is 0.222 e. The van der Waals surface area contributed by atoms with Crippen LogP contribution in [0.4, 0.5) is 20.5 Å². The van der Waals surface area contributed by atoms with E-state index in [-0.39, 0.29) is 40.9 Å². The zero-order chi connectivity index (χ0) is 18.4. The molecule has 0 aliphatic carbocycles. The van der Waals surface area contributed by atoms with Gasteiger partial charge in [-0.05, 0) is 18.6 Å². The first-order valence-electron chi connectivity index (χ1n) is 7.93. The molecule has 0 saturated carbocycles. The van der Waals surface area contributed by atoms with E-state index in [2.05, 4.69) is 16.9 Å². The Balaban J connectivity index is 2.36. The highest BCUT2D eigenvalue weighted by atomic mass is 19.2. The van der Waals surface area contributed by atoms with Crippen LogP contribution in [0.15, 0.2) is 12.1 Å². The second-order valence-corrected chi connectivity index (χ2v) is 5.48. The molecular formula is C17H19F2N5O. The molecular weight excluding hydrogens is 328 g/mol. The van der Waals surface area contributed by atoms with Crippen molar-refractivity contribution in [2.24, 2.45) is 0 Å². The van der Waals surface area contributed by atoms with Crippen molar-refractivity contribution >= 4 is 11.8 Å².